The molecule has 0 aromatic carbocycles. The molecule has 0 saturated heterocycles. The van der Waals surface area contributed by atoms with Gasteiger partial charge in [-0.1, -0.05) is 0 Å². The Bertz CT molecular complexity index is 472. The van der Waals surface area contributed by atoms with Gasteiger partial charge < -0.3 is 5.32 Å². The SMILES string of the molecule is Cc1nc2n(n1)C=CC(S)(CCC(=O)NO)N2. The molecule has 1 aliphatic rings. The van der Waals surface area contributed by atoms with Gasteiger partial charge in [0.15, 0.2) is 0 Å². The minimum atomic E-state index is -0.665. The van der Waals surface area contributed by atoms with Crippen LogP contribution < -0.4 is 10.8 Å². The van der Waals surface area contributed by atoms with Crippen molar-refractivity contribution in [3.63, 3.8) is 0 Å². The predicted molar refractivity (Wildman–Crippen MR) is 64.6 cm³/mol. The molecule has 1 aromatic heterocycles. The van der Waals surface area contributed by atoms with Gasteiger partial charge in [0.05, 0.1) is 0 Å². The molecule has 0 aliphatic carbocycles. The van der Waals surface area contributed by atoms with Crippen LogP contribution in [0, 0.1) is 6.92 Å². The van der Waals surface area contributed by atoms with Gasteiger partial charge in [0.25, 0.3) is 0 Å². The molecule has 92 valence electrons. The number of nitrogens with zero attached hydrogens (tertiary/aromatic N) is 3. The quantitative estimate of drug-likeness (QED) is 0.356. The highest BCUT2D eigenvalue weighted by Gasteiger charge is 2.28. The van der Waals surface area contributed by atoms with Crippen molar-refractivity contribution in [2.75, 3.05) is 5.32 Å². The fourth-order valence-corrected chi connectivity index (χ4v) is 1.83. The minimum absolute atomic E-state index is 0.157. The Morgan fingerprint density at radius 3 is 3.24 bits per heavy atom. The number of fused-ring (bicyclic) bond motifs is 1. The van der Waals surface area contributed by atoms with E-state index in [2.05, 4.69) is 28.0 Å². The molecule has 0 fully saturated rings. The van der Waals surface area contributed by atoms with E-state index in [9.17, 15) is 4.79 Å². The summed E-state index contributed by atoms with van der Waals surface area (Å²) in [5, 5.41) is 15.6. The van der Waals surface area contributed by atoms with E-state index in [1.165, 1.54) is 0 Å². The van der Waals surface area contributed by atoms with E-state index in [0.717, 1.165) is 0 Å². The van der Waals surface area contributed by atoms with E-state index in [-0.39, 0.29) is 6.42 Å². The first kappa shape index (κ1) is 11.9. The summed E-state index contributed by atoms with van der Waals surface area (Å²) in [5.41, 5.74) is 1.59. The number of hydrogen-bond acceptors (Lipinski definition) is 6. The van der Waals surface area contributed by atoms with Crippen molar-refractivity contribution in [1.29, 1.82) is 0 Å². The predicted octanol–water partition coefficient (Wildman–Crippen LogP) is 0.394. The van der Waals surface area contributed by atoms with Gasteiger partial charge in [-0.25, -0.2) is 10.2 Å². The van der Waals surface area contributed by atoms with Gasteiger partial charge in [-0.05, 0) is 19.4 Å². The first-order valence-electron chi connectivity index (χ1n) is 5.08. The molecule has 2 heterocycles. The molecule has 0 saturated carbocycles. The van der Waals surface area contributed by atoms with Gasteiger partial charge in [0, 0.05) is 12.6 Å². The second-order valence-electron chi connectivity index (χ2n) is 3.83. The molecule has 8 heteroatoms. The molecule has 0 spiro atoms. The third-order valence-electron chi connectivity index (χ3n) is 2.41. The zero-order valence-corrected chi connectivity index (χ0v) is 10.1. The van der Waals surface area contributed by atoms with Crippen LogP contribution in [0.4, 0.5) is 5.95 Å². The van der Waals surface area contributed by atoms with E-state index in [1.54, 1.807) is 29.4 Å². The molecule has 17 heavy (non-hydrogen) atoms. The third kappa shape index (κ3) is 2.59. The van der Waals surface area contributed by atoms with Crippen LogP contribution in [-0.4, -0.2) is 30.7 Å². The maximum atomic E-state index is 11.0. The van der Waals surface area contributed by atoms with Crippen LogP contribution in [0.25, 0.3) is 6.20 Å². The van der Waals surface area contributed by atoms with Crippen LogP contribution in [-0.2, 0) is 4.79 Å². The van der Waals surface area contributed by atoms with Crippen LogP contribution in [0.15, 0.2) is 6.08 Å². The van der Waals surface area contributed by atoms with Gasteiger partial charge in [0.1, 0.15) is 10.7 Å². The summed E-state index contributed by atoms with van der Waals surface area (Å²) in [6, 6.07) is 0. The molecule has 3 N–H and O–H groups in total. The average Bonchev–Trinajstić information content (AvgIpc) is 2.65. The van der Waals surface area contributed by atoms with E-state index >= 15 is 0 Å². The lowest BCUT2D eigenvalue weighted by Gasteiger charge is -2.29. The van der Waals surface area contributed by atoms with Crippen molar-refractivity contribution < 1.29 is 10.0 Å². The largest absolute Gasteiger partial charge is 0.336 e. The van der Waals surface area contributed by atoms with E-state index in [1.807, 2.05) is 0 Å². The summed E-state index contributed by atoms with van der Waals surface area (Å²) in [6.07, 6.45) is 4.12. The van der Waals surface area contributed by atoms with Crippen LogP contribution in [0.3, 0.4) is 0 Å². The fourth-order valence-electron chi connectivity index (χ4n) is 1.55. The molecule has 1 aliphatic heterocycles. The monoisotopic (exact) mass is 255 g/mol. The third-order valence-corrected chi connectivity index (χ3v) is 2.90. The van der Waals surface area contributed by atoms with E-state index in [4.69, 9.17) is 5.21 Å². The standard InChI is InChI=1S/C9H13N5O2S/c1-6-10-8-11-9(17,3-2-7(15)13-16)4-5-14(8)12-6/h4-5,16-17H,2-3H2,1H3,(H,13,15)(H,10,11,12). The maximum absolute atomic E-state index is 11.0. The number of carbonyl (C=O) groups is 1. The zero-order valence-electron chi connectivity index (χ0n) is 9.21. The van der Waals surface area contributed by atoms with Gasteiger partial charge in [-0.3, -0.25) is 10.0 Å². The molecule has 0 bridgehead atoms. The molecule has 1 atom stereocenters. The second-order valence-corrected chi connectivity index (χ2v) is 4.63. The van der Waals surface area contributed by atoms with Crippen molar-refractivity contribution in [2.45, 2.75) is 24.6 Å². The Labute approximate surface area is 103 Å². The summed E-state index contributed by atoms with van der Waals surface area (Å²) < 4.78 is 1.61. The summed E-state index contributed by atoms with van der Waals surface area (Å²) in [5.74, 6) is 0.795. The molecular weight excluding hydrogens is 242 g/mol. The highest BCUT2D eigenvalue weighted by Crippen LogP contribution is 2.28. The topological polar surface area (TPSA) is 92.1 Å². The molecule has 2 rings (SSSR count). The number of carbonyl (C=O) groups excluding carboxylic acids is 1. The Morgan fingerprint density at radius 2 is 2.53 bits per heavy atom. The highest BCUT2D eigenvalue weighted by molar-refractivity contribution is 7.82. The number of hydrogen-bond donors (Lipinski definition) is 4. The van der Waals surface area contributed by atoms with Gasteiger partial charge in [0.2, 0.25) is 11.9 Å². The summed E-state index contributed by atoms with van der Waals surface area (Å²) in [7, 11) is 0. The lowest BCUT2D eigenvalue weighted by Crippen LogP contribution is -2.35. The molecule has 7 nitrogen and oxygen atoms in total. The number of hydroxylamine groups is 1. The Kier molecular flexibility index (Phi) is 3.07. The van der Waals surface area contributed by atoms with Crippen molar-refractivity contribution in [1.82, 2.24) is 20.2 Å². The van der Waals surface area contributed by atoms with Crippen LogP contribution >= 0.6 is 12.6 Å². The van der Waals surface area contributed by atoms with Crippen LogP contribution in [0.2, 0.25) is 0 Å². The van der Waals surface area contributed by atoms with Crippen molar-refractivity contribution >= 4 is 30.7 Å². The summed E-state index contributed by atoms with van der Waals surface area (Å²) in [6.45, 7) is 1.79. The highest BCUT2D eigenvalue weighted by atomic mass is 32.1. The number of amides is 1. The maximum Gasteiger partial charge on any atom is 0.243 e. The molecule has 1 aromatic rings. The average molecular weight is 255 g/mol. The fraction of sp³-hybridized carbons (Fsp3) is 0.444. The Balaban J connectivity index is 2.07. The number of thiol groups is 1. The minimum Gasteiger partial charge on any atom is -0.336 e. The van der Waals surface area contributed by atoms with Crippen molar-refractivity contribution in [3.8, 4) is 0 Å². The molecule has 1 amide bonds. The normalized spacial score (nSPS) is 21.8. The lowest BCUT2D eigenvalue weighted by atomic mass is 10.1. The molecular formula is C9H13N5O2S. The molecule has 0 radical (unpaired) electrons. The number of nitrogens with one attached hydrogen (secondary N) is 2. The van der Waals surface area contributed by atoms with Crippen molar-refractivity contribution in [2.24, 2.45) is 0 Å². The summed E-state index contributed by atoms with van der Waals surface area (Å²) >= 11 is 4.46. The number of anilines is 1. The number of aryl methyl sites for hydroxylation is 1. The van der Waals surface area contributed by atoms with E-state index < -0.39 is 10.8 Å². The first-order valence-corrected chi connectivity index (χ1v) is 5.53. The van der Waals surface area contributed by atoms with Crippen LogP contribution in [0.1, 0.15) is 18.7 Å². The van der Waals surface area contributed by atoms with Crippen LogP contribution in [0.5, 0.6) is 0 Å². The second kappa shape index (κ2) is 4.38. The van der Waals surface area contributed by atoms with Gasteiger partial charge in [-0.2, -0.15) is 10.1 Å². The Morgan fingerprint density at radius 1 is 1.76 bits per heavy atom. The van der Waals surface area contributed by atoms with E-state index in [0.29, 0.717) is 18.2 Å². The summed E-state index contributed by atoms with van der Waals surface area (Å²) in [4.78, 5) is 14.5. The van der Waals surface area contributed by atoms with Gasteiger partial charge in [-0.15, -0.1) is 12.6 Å². The van der Waals surface area contributed by atoms with Crippen molar-refractivity contribution in [3.05, 3.63) is 11.9 Å². The number of rotatable bonds is 3. The number of aromatic nitrogens is 3. The first-order chi connectivity index (χ1) is 8.02. The lowest BCUT2D eigenvalue weighted by molar-refractivity contribution is -0.129. The Hall–Kier alpha value is -1.54. The van der Waals surface area contributed by atoms with Gasteiger partial charge >= 0.3 is 0 Å². The molecule has 1 unspecified atom stereocenters. The zero-order chi connectivity index (χ0) is 12.5. The smallest absolute Gasteiger partial charge is 0.243 e.